The molecule has 1 fully saturated rings. The van der Waals surface area contributed by atoms with Crippen molar-refractivity contribution in [3.05, 3.63) is 52.0 Å². The zero-order valence-electron chi connectivity index (χ0n) is 11.9. The topological polar surface area (TPSA) is 33.2 Å². The van der Waals surface area contributed by atoms with E-state index in [1.165, 1.54) is 11.5 Å². The molecule has 1 amide bonds. The number of amides is 1. The van der Waals surface area contributed by atoms with Crippen LogP contribution in [0, 0.1) is 19.3 Å². The van der Waals surface area contributed by atoms with Gasteiger partial charge in [0.1, 0.15) is 4.88 Å². The Kier molecular flexibility index (Phi) is 3.76. The highest BCUT2D eigenvalue weighted by Gasteiger charge is 2.31. The molecule has 1 aromatic heterocycles. The third kappa shape index (κ3) is 2.57. The number of hydrogen-bond donors (Lipinski definition) is 0. The standard InChI is InChI=1S/C17H16N2OS/c1-3-13-6-8-14(9-7-13)15-5-4-10-19(15)17(20)16-12(2)11-18-21-16/h1,6-9,11,15H,4-5,10H2,2H3. The average molecular weight is 296 g/mol. The van der Waals surface area contributed by atoms with E-state index in [0.717, 1.165) is 41.0 Å². The normalized spacial score (nSPS) is 17.7. The molecule has 0 spiro atoms. The molecule has 0 saturated carbocycles. The van der Waals surface area contributed by atoms with Crippen LogP contribution in [0.5, 0.6) is 0 Å². The summed E-state index contributed by atoms with van der Waals surface area (Å²) in [4.78, 5) is 15.4. The summed E-state index contributed by atoms with van der Waals surface area (Å²) < 4.78 is 4.11. The SMILES string of the molecule is C#Cc1ccc(C2CCCN2C(=O)c2sncc2C)cc1. The molecule has 4 heteroatoms. The number of nitrogens with zero attached hydrogens (tertiary/aromatic N) is 2. The fraction of sp³-hybridized carbons (Fsp3) is 0.294. The van der Waals surface area contributed by atoms with Gasteiger partial charge in [-0.3, -0.25) is 4.79 Å². The molecular weight excluding hydrogens is 280 g/mol. The molecule has 0 radical (unpaired) electrons. The molecule has 3 rings (SSSR count). The van der Waals surface area contributed by atoms with E-state index in [9.17, 15) is 4.79 Å². The molecule has 1 atom stereocenters. The van der Waals surface area contributed by atoms with Crippen LogP contribution in [0.25, 0.3) is 0 Å². The summed E-state index contributed by atoms with van der Waals surface area (Å²) in [7, 11) is 0. The van der Waals surface area contributed by atoms with Crippen LogP contribution in [-0.4, -0.2) is 21.7 Å². The number of likely N-dealkylation sites (tertiary alicyclic amines) is 1. The molecular formula is C17H16N2OS. The summed E-state index contributed by atoms with van der Waals surface area (Å²) in [5.74, 6) is 2.72. The van der Waals surface area contributed by atoms with Crippen molar-refractivity contribution in [1.29, 1.82) is 0 Å². The molecule has 0 N–H and O–H groups in total. The highest BCUT2D eigenvalue weighted by atomic mass is 32.1. The second-order valence-electron chi connectivity index (χ2n) is 5.26. The molecule has 0 bridgehead atoms. The van der Waals surface area contributed by atoms with E-state index in [0.29, 0.717) is 0 Å². The van der Waals surface area contributed by atoms with Crippen LogP contribution in [0.4, 0.5) is 0 Å². The van der Waals surface area contributed by atoms with Crippen molar-refractivity contribution in [2.24, 2.45) is 0 Å². The maximum absolute atomic E-state index is 12.7. The Labute approximate surface area is 128 Å². The number of carbonyl (C=O) groups excluding carboxylic acids is 1. The molecule has 1 aromatic carbocycles. The third-order valence-corrected chi connectivity index (χ3v) is 4.81. The monoisotopic (exact) mass is 296 g/mol. The quantitative estimate of drug-likeness (QED) is 0.796. The van der Waals surface area contributed by atoms with Gasteiger partial charge in [-0.2, -0.15) is 0 Å². The predicted octanol–water partition coefficient (Wildman–Crippen LogP) is 3.41. The Bertz CT molecular complexity index is 696. The van der Waals surface area contributed by atoms with Gasteiger partial charge in [0.15, 0.2) is 0 Å². The van der Waals surface area contributed by atoms with Crippen LogP contribution in [0.3, 0.4) is 0 Å². The van der Waals surface area contributed by atoms with Crippen molar-refractivity contribution in [2.45, 2.75) is 25.8 Å². The molecule has 2 aromatic rings. The molecule has 1 unspecified atom stereocenters. The van der Waals surface area contributed by atoms with Gasteiger partial charge >= 0.3 is 0 Å². The van der Waals surface area contributed by atoms with Crippen LogP contribution >= 0.6 is 11.5 Å². The van der Waals surface area contributed by atoms with Crippen molar-refractivity contribution in [3.8, 4) is 12.3 Å². The number of terminal acetylenes is 1. The first-order valence-electron chi connectivity index (χ1n) is 6.99. The first kappa shape index (κ1) is 13.8. The Morgan fingerprint density at radius 2 is 2.19 bits per heavy atom. The van der Waals surface area contributed by atoms with E-state index >= 15 is 0 Å². The van der Waals surface area contributed by atoms with Crippen molar-refractivity contribution in [3.63, 3.8) is 0 Å². The van der Waals surface area contributed by atoms with Crippen molar-refractivity contribution < 1.29 is 4.79 Å². The second-order valence-corrected chi connectivity index (χ2v) is 6.06. The minimum atomic E-state index is 0.0959. The Balaban J connectivity index is 1.87. The van der Waals surface area contributed by atoms with Crippen LogP contribution < -0.4 is 0 Å². The highest BCUT2D eigenvalue weighted by Crippen LogP contribution is 2.34. The largest absolute Gasteiger partial charge is 0.331 e. The van der Waals surface area contributed by atoms with Gasteiger partial charge in [-0.25, -0.2) is 4.37 Å². The lowest BCUT2D eigenvalue weighted by Gasteiger charge is -2.24. The van der Waals surface area contributed by atoms with Gasteiger partial charge in [0, 0.05) is 18.3 Å². The van der Waals surface area contributed by atoms with E-state index in [2.05, 4.69) is 10.3 Å². The molecule has 2 heterocycles. The third-order valence-electron chi connectivity index (χ3n) is 3.92. The number of rotatable bonds is 2. The zero-order valence-corrected chi connectivity index (χ0v) is 12.7. The lowest BCUT2D eigenvalue weighted by atomic mass is 10.0. The number of benzene rings is 1. The molecule has 1 aliphatic rings. The molecule has 1 saturated heterocycles. The molecule has 0 aliphatic carbocycles. The fourth-order valence-corrected chi connectivity index (χ4v) is 3.49. The summed E-state index contributed by atoms with van der Waals surface area (Å²) >= 11 is 1.28. The minimum Gasteiger partial charge on any atom is -0.331 e. The van der Waals surface area contributed by atoms with E-state index in [1.54, 1.807) is 6.20 Å². The maximum atomic E-state index is 12.7. The predicted molar refractivity (Wildman–Crippen MR) is 84.2 cm³/mol. The number of carbonyl (C=O) groups is 1. The lowest BCUT2D eigenvalue weighted by molar-refractivity contribution is 0.0740. The van der Waals surface area contributed by atoms with Gasteiger partial charge < -0.3 is 4.90 Å². The van der Waals surface area contributed by atoms with Crippen LogP contribution in [0.15, 0.2) is 30.5 Å². The van der Waals surface area contributed by atoms with E-state index in [-0.39, 0.29) is 11.9 Å². The van der Waals surface area contributed by atoms with Crippen molar-refractivity contribution in [2.75, 3.05) is 6.54 Å². The van der Waals surface area contributed by atoms with Gasteiger partial charge in [-0.05, 0) is 54.6 Å². The smallest absolute Gasteiger partial charge is 0.266 e. The zero-order chi connectivity index (χ0) is 14.8. The minimum absolute atomic E-state index is 0.0959. The molecule has 3 nitrogen and oxygen atoms in total. The molecule has 106 valence electrons. The maximum Gasteiger partial charge on any atom is 0.266 e. The Morgan fingerprint density at radius 1 is 1.43 bits per heavy atom. The summed E-state index contributed by atoms with van der Waals surface area (Å²) in [6.45, 7) is 2.74. The lowest BCUT2D eigenvalue weighted by Crippen LogP contribution is -2.30. The van der Waals surface area contributed by atoms with E-state index in [1.807, 2.05) is 36.1 Å². The second kappa shape index (κ2) is 5.71. The van der Waals surface area contributed by atoms with Gasteiger partial charge in [0.05, 0.1) is 6.04 Å². The first-order valence-corrected chi connectivity index (χ1v) is 7.77. The number of aryl methyl sites for hydroxylation is 1. The van der Waals surface area contributed by atoms with E-state index < -0.39 is 0 Å². The summed E-state index contributed by atoms with van der Waals surface area (Å²) in [6.07, 6.45) is 9.18. The van der Waals surface area contributed by atoms with Gasteiger partial charge in [0.2, 0.25) is 0 Å². The highest BCUT2D eigenvalue weighted by molar-refractivity contribution is 7.08. The molecule has 1 aliphatic heterocycles. The van der Waals surface area contributed by atoms with Crippen molar-refractivity contribution >= 4 is 17.4 Å². The van der Waals surface area contributed by atoms with Crippen LogP contribution in [0.2, 0.25) is 0 Å². The number of hydrogen-bond acceptors (Lipinski definition) is 3. The fourth-order valence-electron chi connectivity index (χ4n) is 2.78. The van der Waals surface area contributed by atoms with Crippen LogP contribution in [0.1, 0.15) is 45.2 Å². The van der Waals surface area contributed by atoms with Gasteiger partial charge in [0.25, 0.3) is 5.91 Å². The summed E-state index contributed by atoms with van der Waals surface area (Å²) in [5, 5.41) is 0. The van der Waals surface area contributed by atoms with Gasteiger partial charge in [-0.1, -0.05) is 18.1 Å². The Hall–Kier alpha value is -2.12. The van der Waals surface area contributed by atoms with Gasteiger partial charge in [-0.15, -0.1) is 6.42 Å². The Morgan fingerprint density at radius 3 is 2.81 bits per heavy atom. The summed E-state index contributed by atoms with van der Waals surface area (Å²) in [6, 6.07) is 8.09. The van der Waals surface area contributed by atoms with Crippen molar-refractivity contribution in [1.82, 2.24) is 9.27 Å². The van der Waals surface area contributed by atoms with Crippen LogP contribution in [-0.2, 0) is 0 Å². The average Bonchev–Trinajstić information content (AvgIpc) is 3.15. The molecule has 21 heavy (non-hydrogen) atoms. The first-order chi connectivity index (χ1) is 10.2. The number of aromatic nitrogens is 1. The summed E-state index contributed by atoms with van der Waals surface area (Å²) in [5.41, 5.74) is 2.98. The van der Waals surface area contributed by atoms with E-state index in [4.69, 9.17) is 6.42 Å².